The molecule has 1 fully saturated rings. The Hall–Kier alpha value is -4.65. The summed E-state index contributed by atoms with van der Waals surface area (Å²) < 4.78 is 82.6. The zero-order valence-corrected chi connectivity index (χ0v) is 25.4. The minimum Gasteiger partial charge on any atom is -0.395 e. The van der Waals surface area contributed by atoms with Crippen LogP contribution in [0.15, 0.2) is 48.8 Å². The quantitative estimate of drug-likeness (QED) is 0.193. The minimum atomic E-state index is -4.67. The Kier molecular flexibility index (Phi) is 9.76. The van der Waals surface area contributed by atoms with E-state index in [0.717, 1.165) is 11.6 Å². The predicted octanol–water partition coefficient (Wildman–Crippen LogP) is 4.92. The van der Waals surface area contributed by atoms with Crippen molar-refractivity contribution in [1.82, 2.24) is 29.3 Å². The number of aromatic nitrogens is 4. The molecule has 5 rings (SSSR count). The fraction of sp³-hybridized carbons (Fsp3) is 0.344. The van der Waals surface area contributed by atoms with Crippen molar-refractivity contribution in [3.05, 3.63) is 88.0 Å². The van der Waals surface area contributed by atoms with Crippen LogP contribution in [-0.2, 0) is 25.9 Å². The van der Waals surface area contributed by atoms with Crippen molar-refractivity contribution in [3.8, 4) is 23.5 Å². The number of halogens is 6. The van der Waals surface area contributed by atoms with Crippen LogP contribution in [0.3, 0.4) is 0 Å². The van der Waals surface area contributed by atoms with Crippen LogP contribution in [0.1, 0.15) is 44.0 Å². The number of carbonyl (C=O) groups excluding carboxylic acids is 1. The van der Waals surface area contributed by atoms with Crippen LogP contribution in [-0.4, -0.2) is 79.7 Å². The molecular weight excluding hydrogens is 628 g/mol. The summed E-state index contributed by atoms with van der Waals surface area (Å²) in [7, 11) is 1.59. The van der Waals surface area contributed by atoms with Gasteiger partial charge in [-0.15, -0.1) is 0 Å². The fourth-order valence-corrected chi connectivity index (χ4v) is 5.17. The first-order chi connectivity index (χ1) is 22.2. The lowest BCUT2D eigenvalue weighted by atomic mass is 10.0. The normalized spacial score (nSPS) is 14.6. The highest BCUT2D eigenvalue weighted by molar-refractivity contribution is 6.04. The van der Waals surface area contributed by atoms with Gasteiger partial charge in [0.15, 0.2) is 11.6 Å². The number of carbonyl (C=O) groups is 1. The van der Waals surface area contributed by atoms with E-state index in [-0.39, 0.29) is 41.6 Å². The smallest absolute Gasteiger partial charge is 0.395 e. The molecule has 0 atom stereocenters. The van der Waals surface area contributed by atoms with Crippen LogP contribution in [0.5, 0.6) is 0 Å². The van der Waals surface area contributed by atoms with E-state index in [1.165, 1.54) is 22.9 Å². The monoisotopic (exact) mass is 659 g/mol. The second kappa shape index (κ2) is 13.6. The van der Waals surface area contributed by atoms with Crippen LogP contribution in [0.4, 0.5) is 32.0 Å². The van der Waals surface area contributed by atoms with Crippen molar-refractivity contribution < 1.29 is 36.2 Å². The number of benzene rings is 2. The number of piperazine rings is 1. The van der Waals surface area contributed by atoms with E-state index in [1.54, 1.807) is 32.2 Å². The molecule has 0 aliphatic carbocycles. The van der Waals surface area contributed by atoms with Gasteiger partial charge in [0.05, 0.1) is 18.4 Å². The molecule has 47 heavy (non-hydrogen) atoms. The second-order valence-electron chi connectivity index (χ2n) is 11.1. The molecule has 0 unspecified atom stereocenters. The van der Waals surface area contributed by atoms with Gasteiger partial charge in [0, 0.05) is 69.3 Å². The average molecular weight is 660 g/mol. The lowest BCUT2D eigenvalue weighted by molar-refractivity contribution is -0.141. The molecule has 1 aliphatic heterocycles. The maximum Gasteiger partial charge on any atom is 0.432 e. The van der Waals surface area contributed by atoms with Crippen molar-refractivity contribution in [2.24, 2.45) is 7.05 Å². The number of anilines is 1. The van der Waals surface area contributed by atoms with E-state index in [2.05, 4.69) is 32.1 Å². The standard InChI is InChI=1S/C32H31F6N7O2/c1-20-3-7-24(15-21(20)6-8-25-19-43(2)29(40-25)28-39-17-27(42-28)32(36,37)38)41-30(47)22-4-5-23(26(16-22)31(33,34)35)18-45-11-9-44(10-12-45)13-14-46/h3-5,7,15-17,19,46H,9-14,18H2,1-2H3,(H,39,42)(H,41,47). The molecular formula is C32H31F6N7O2. The number of hydrogen-bond acceptors (Lipinski definition) is 6. The van der Waals surface area contributed by atoms with Crippen LogP contribution >= 0.6 is 0 Å². The molecule has 0 bridgehead atoms. The van der Waals surface area contributed by atoms with Gasteiger partial charge in [0.25, 0.3) is 5.91 Å². The molecule has 15 heteroatoms. The Bertz CT molecular complexity index is 1810. The van der Waals surface area contributed by atoms with Crippen LogP contribution in [0.2, 0.25) is 0 Å². The molecule has 9 nitrogen and oxygen atoms in total. The highest BCUT2D eigenvalue weighted by Crippen LogP contribution is 2.34. The summed E-state index contributed by atoms with van der Waals surface area (Å²) in [5.74, 6) is 5.13. The number of β-amino-alcohol motifs (C(OH)–C–C–N with tert-alkyl or cyclic N) is 1. The zero-order valence-electron chi connectivity index (χ0n) is 25.4. The third-order valence-electron chi connectivity index (χ3n) is 7.74. The van der Waals surface area contributed by atoms with Crippen molar-refractivity contribution in [1.29, 1.82) is 0 Å². The van der Waals surface area contributed by atoms with Gasteiger partial charge in [-0.2, -0.15) is 26.3 Å². The summed E-state index contributed by atoms with van der Waals surface area (Å²) in [6, 6.07) is 8.42. The van der Waals surface area contributed by atoms with Gasteiger partial charge < -0.3 is 20.0 Å². The maximum atomic E-state index is 14.1. The molecule has 2 aromatic heterocycles. The van der Waals surface area contributed by atoms with Gasteiger partial charge in [-0.1, -0.05) is 18.1 Å². The van der Waals surface area contributed by atoms with E-state index < -0.39 is 29.5 Å². The van der Waals surface area contributed by atoms with Gasteiger partial charge in [0.2, 0.25) is 0 Å². The van der Waals surface area contributed by atoms with Crippen molar-refractivity contribution >= 4 is 11.6 Å². The minimum absolute atomic E-state index is 0.0258. The van der Waals surface area contributed by atoms with E-state index in [9.17, 15) is 31.1 Å². The number of H-pyrrole nitrogens is 1. The van der Waals surface area contributed by atoms with Gasteiger partial charge >= 0.3 is 12.4 Å². The number of nitrogens with zero attached hydrogens (tertiary/aromatic N) is 5. The number of aromatic amines is 1. The Morgan fingerprint density at radius 1 is 1.00 bits per heavy atom. The maximum absolute atomic E-state index is 14.1. The average Bonchev–Trinajstić information content (AvgIpc) is 3.65. The molecule has 3 N–H and O–H groups in total. The number of aliphatic hydroxyl groups excluding tert-OH is 1. The highest BCUT2D eigenvalue weighted by atomic mass is 19.4. The van der Waals surface area contributed by atoms with Crippen molar-refractivity contribution in [3.63, 3.8) is 0 Å². The number of nitrogens with one attached hydrogen (secondary N) is 2. The SMILES string of the molecule is Cc1ccc(NC(=O)c2ccc(CN3CCN(CCO)CC3)c(C(F)(F)F)c2)cc1C#Cc1cn(C)c(-c2ncc(C(F)(F)F)[nH]2)n1. The summed E-state index contributed by atoms with van der Waals surface area (Å²) in [4.78, 5) is 27.3. The summed E-state index contributed by atoms with van der Waals surface area (Å²) in [6.45, 7) is 4.82. The Balaban J connectivity index is 1.30. The largest absolute Gasteiger partial charge is 0.432 e. The van der Waals surface area contributed by atoms with E-state index in [1.807, 2.05) is 9.80 Å². The first kappa shape index (κ1) is 33.7. The molecule has 1 aliphatic rings. The van der Waals surface area contributed by atoms with E-state index in [0.29, 0.717) is 50.2 Å². The number of rotatable bonds is 7. The van der Waals surface area contributed by atoms with Gasteiger partial charge in [0.1, 0.15) is 11.4 Å². The molecule has 0 saturated carbocycles. The first-order valence-corrected chi connectivity index (χ1v) is 14.6. The van der Waals surface area contributed by atoms with Crippen LogP contribution in [0, 0.1) is 18.8 Å². The Morgan fingerprint density at radius 3 is 2.38 bits per heavy atom. The lowest BCUT2D eigenvalue weighted by Gasteiger charge is -2.34. The number of amides is 1. The fourth-order valence-electron chi connectivity index (χ4n) is 5.17. The topological polar surface area (TPSA) is 102 Å². The molecule has 1 saturated heterocycles. The predicted molar refractivity (Wildman–Crippen MR) is 161 cm³/mol. The number of alkyl halides is 6. The van der Waals surface area contributed by atoms with Gasteiger partial charge in [-0.05, 0) is 48.2 Å². The summed E-state index contributed by atoms with van der Waals surface area (Å²) >= 11 is 0. The lowest BCUT2D eigenvalue weighted by Crippen LogP contribution is -2.46. The van der Waals surface area contributed by atoms with Gasteiger partial charge in [-0.3, -0.25) is 14.6 Å². The number of hydrogen-bond donors (Lipinski definition) is 3. The summed E-state index contributed by atoms with van der Waals surface area (Å²) in [6.07, 6.45) is -7.04. The first-order valence-electron chi connectivity index (χ1n) is 14.6. The Labute approximate surface area is 266 Å². The molecule has 2 aromatic carbocycles. The summed E-state index contributed by atoms with van der Waals surface area (Å²) in [5.41, 5.74) is -0.165. The molecule has 248 valence electrons. The van der Waals surface area contributed by atoms with Crippen molar-refractivity contribution in [2.45, 2.75) is 25.8 Å². The molecule has 1 amide bonds. The van der Waals surface area contributed by atoms with E-state index in [4.69, 9.17) is 5.11 Å². The third kappa shape index (κ3) is 8.20. The summed E-state index contributed by atoms with van der Waals surface area (Å²) in [5, 5.41) is 11.7. The third-order valence-corrected chi connectivity index (χ3v) is 7.74. The van der Waals surface area contributed by atoms with Crippen LogP contribution in [0.25, 0.3) is 11.6 Å². The van der Waals surface area contributed by atoms with Crippen LogP contribution < -0.4 is 5.32 Å². The molecule has 4 aromatic rings. The van der Waals surface area contributed by atoms with Gasteiger partial charge in [-0.25, -0.2) is 9.97 Å². The number of imidazole rings is 2. The molecule has 0 spiro atoms. The van der Waals surface area contributed by atoms with E-state index >= 15 is 0 Å². The zero-order chi connectivity index (χ0) is 33.9. The molecule has 3 heterocycles. The number of aliphatic hydroxyl groups is 1. The highest BCUT2D eigenvalue weighted by Gasteiger charge is 2.35. The van der Waals surface area contributed by atoms with Crippen molar-refractivity contribution in [2.75, 3.05) is 44.6 Å². The molecule has 0 radical (unpaired) electrons. The Morgan fingerprint density at radius 2 is 1.72 bits per heavy atom. The second-order valence-corrected chi connectivity index (χ2v) is 11.1. The number of aryl methyl sites for hydroxylation is 2.